The summed E-state index contributed by atoms with van der Waals surface area (Å²) < 4.78 is 10.7. The highest BCUT2D eigenvalue weighted by Gasteiger charge is 2.52. The third kappa shape index (κ3) is 4.06. The van der Waals surface area contributed by atoms with Crippen LogP contribution in [0.3, 0.4) is 0 Å². The first-order valence-corrected chi connectivity index (χ1v) is 10.0. The van der Waals surface area contributed by atoms with Gasteiger partial charge < -0.3 is 19.1 Å². The van der Waals surface area contributed by atoms with Gasteiger partial charge in [-0.15, -0.1) is 0 Å². The Morgan fingerprint density at radius 2 is 1.69 bits per heavy atom. The lowest BCUT2D eigenvalue weighted by atomic mass is 9.98. The summed E-state index contributed by atoms with van der Waals surface area (Å²) in [4.78, 5) is 40.7. The molecular formula is C21H25N3O5. The number of hydrogen-bond donors (Lipinski definition) is 1. The van der Waals surface area contributed by atoms with Gasteiger partial charge >= 0.3 is 6.03 Å². The first kappa shape index (κ1) is 19.3. The number of carbonyl (C=O) groups excluding carboxylic acids is 3. The van der Waals surface area contributed by atoms with Crippen molar-refractivity contribution in [2.75, 3.05) is 6.54 Å². The maximum atomic E-state index is 12.8. The lowest BCUT2D eigenvalue weighted by Gasteiger charge is -2.22. The van der Waals surface area contributed by atoms with E-state index in [1.54, 1.807) is 29.6 Å². The molecule has 2 aromatic rings. The minimum absolute atomic E-state index is 0.0829. The summed E-state index contributed by atoms with van der Waals surface area (Å²) in [6.07, 6.45) is 7.09. The van der Waals surface area contributed by atoms with E-state index in [0.29, 0.717) is 43.9 Å². The third-order valence-electron chi connectivity index (χ3n) is 5.68. The number of carbonyl (C=O) groups is 3. The molecule has 1 spiro atoms. The monoisotopic (exact) mass is 399 g/mol. The second-order valence-electron chi connectivity index (χ2n) is 7.69. The molecule has 29 heavy (non-hydrogen) atoms. The Morgan fingerprint density at radius 3 is 2.24 bits per heavy atom. The van der Waals surface area contributed by atoms with Crippen molar-refractivity contribution in [2.45, 2.75) is 57.2 Å². The fourth-order valence-corrected chi connectivity index (χ4v) is 4.16. The Balaban J connectivity index is 1.34. The zero-order valence-electron chi connectivity index (χ0n) is 16.3. The summed E-state index contributed by atoms with van der Waals surface area (Å²) in [6.45, 7) is 0.908. The average Bonchev–Trinajstić information content (AvgIpc) is 3.48. The number of urea groups is 1. The van der Waals surface area contributed by atoms with Crippen molar-refractivity contribution in [3.8, 4) is 0 Å². The fourth-order valence-electron chi connectivity index (χ4n) is 4.16. The Bertz CT molecular complexity index is 817. The second-order valence-corrected chi connectivity index (χ2v) is 7.69. The van der Waals surface area contributed by atoms with Crippen molar-refractivity contribution in [3.05, 3.63) is 48.3 Å². The molecule has 2 fully saturated rings. The summed E-state index contributed by atoms with van der Waals surface area (Å²) in [5.74, 6) is 1.14. The molecule has 4 rings (SSSR count). The molecular weight excluding hydrogens is 374 g/mol. The van der Waals surface area contributed by atoms with Crippen LogP contribution in [0.15, 0.2) is 45.6 Å². The fraction of sp³-hybridized carbons (Fsp3) is 0.476. The van der Waals surface area contributed by atoms with Crippen LogP contribution in [0, 0.1) is 0 Å². The Labute approximate surface area is 168 Å². The van der Waals surface area contributed by atoms with E-state index in [0.717, 1.165) is 12.8 Å². The predicted octanol–water partition coefficient (Wildman–Crippen LogP) is 3.05. The number of imide groups is 1. The Kier molecular flexibility index (Phi) is 5.42. The van der Waals surface area contributed by atoms with Gasteiger partial charge in [0.05, 0.1) is 25.6 Å². The van der Waals surface area contributed by atoms with Crippen molar-refractivity contribution in [1.82, 2.24) is 15.1 Å². The normalized spacial score (nSPS) is 17.9. The second kappa shape index (κ2) is 8.14. The van der Waals surface area contributed by atoms with Crippen LogP contribution in [0.5, 0.6) is 0 Å². The number of amides is 4. The molecule has 4 amide bonds. The van der Waals surface area contributed by atoms with E-state index >= 15 is 0 Å². The first-order valence-electron chi connectivity index (χ1n) is 10.0. The molecule has 0 unspecified atom stereocenters. The maximum absolute atomic E-state index is 12.8. The highest BCUT2D eigenvalue weighted by molar-refractivity contribution is 6.07. The van der Waals surface area contributed by atoms with Gasteiger partial charge in [-0.05, 0) is 43.5 Å². The summed E-state index contributed by atoms with van der Waals surface area (Å²) in [5.41, 5.74) is -0.703. The molecule has 2 aromatic heterocycles. The van der Waals surface area contributed by atoms with Gasteiger partial charge in [-0.1, -0.05) is 12.8 Å². The van der Waals surface area contributed by atoms with Gasteiger partial charge in [-0.2, -0.15) is 0 Å². The van der Waals surface area contributed by atoms with Crippen molar-refractivity contribution in [1.29, 1.82) is 0 Å². The van der Waals surface area contributed by atoms with E-state index in [-0.39, 0.29) is 30.8 Å². The average molecular weight is 399 g/mol. The smallest absolute Gasteiger partial charge is 0.325 e. The van der Waals surface area contributed by atoms with Crippen molar-refractivity contribution in [2.24, 2.45) is 0 Å². The van der Waals surface area contributed by atoms with E-state index in [4.69, 9.17) is 8.83 Å². The van der Waals surface area contributed by atoms with Gasteiger partial charge in [0.15, 0.2) is 0 Å². The van der Waals surface area contributed by atoms with E-state index < -0.39 is 5.54 Å². The Morgan fingerprint density at radius 1 is 1.07 bits per heavy atom. The zero-order valence-corrected chi connectivity index (χ0v) is 16.3. The molecule has 8 nitrogen and oxygen atoms in total. The molecule has 8 heteroatoms. The van der Waals surface area contributed by atoms with Gasteiger partial charge in [0.2, 0.25) is 5.91 Å². The summed E-state index contributed by atoms with van der Waals surface area (Å²) >= 11 is 0. The molecule has 2 aliphatic rings. The number of nitrogens with one attached hydrogen (secondary N) is 1. The molecule has 1 saturated carbocycles. The molecule has 1 saturated heterocycles. The standard InChI is InChI=1S/C21H25N3O5/c25-18(23(14-16-6-4-12-28-16)15-17-7-5-13-29-17)8-3-11-24-19(26)21(22-20(24)27)9-1-2-10-21/h4-7,12-13H,1-3,8-11,14-15H2,(H,22,27). The van der Waals surface area contributed by atoms with Gasteiger partial charge in [-0.3, -0.25) is 14.5 Å². The van der Waals surface area contributed by atoms with Gasteiger partial charge in [0.1, 0.15) is 17.1 Å². The van der Waals surface area contributed by atoms with Crippen LogP contribution in [-0.4, -0.2) is 39.7 Å². The lowest BCUT2D eigenvalue weighted by Crippen LogP contribution is -2.44. The van der Waals surface area contributed by atoms with Gasteiger partial charge in [0.25, 0.3) is 5.91 Å². The maximum Gasteiger partial charge on any atom is 0.325 e. The first-order chi connectivity index (χ1) is 14.1. The molecule has 3 heterocycles. The van der Waals surface area contributed by atoms with Crippen LogP contribution >= 0.6 is 0 Å². The van der Waals surface area contributed by atoms with Crippen LogP contribution in [-0.2, 0) is 22.7 Å². The minimum atomic E-state index is -0.703. The van der Waals surface area contributed by atoms with E-state index in [2.05, 4.69) is 5.32 Å². The van der Waals surface area contributed by atoms with E-state index in [1.807, 2.05) is 12.1 Å². The van der Waals surface area contributed by atoms with Crippen LogP contribution < -0.4 is 5.32 Å². The number of furan rings is 2. The summed E-state index contributed by atoms with van der Waals surface area (Å²) in [7, 11) is 0. The molecule has 154 valence electrons. The highest BCUT2D eigenvalue weighted by atomic mass is 16.3. The zero-order chi connectivity index (χ0) is 20.3. The summed E-state index contributed by atoms with van der Waals surface area (Å²) in [5, 5.41) is 2.87. The molecule has 0 radical (unpaired) electrons. The predicted molar refractivity (Wildman–Crippen MR) is 102 cm³/mol. The van der Waals surface area contributed by atoms with E-state index in [9.17, 15) is 14.4 Å². The number of hydrogen-bond acceptors (Lipinski definition) is 5. The van der Waals surface area contributed by atoms with Crippen molar-refractivity contribution in [3.63, 3.8) is 0 Å². The Hall–Kier alpha value is -3.03. The number of nitrogens with zero attached hydrogens (tertiary/aromatic N) is 2. The van der Waals surface area contributed by atoms with Crippen LogP contribution in [0.4, 0.5) is 4.79 Å². The lowest BCUT2D eigenvalue weighted by molar-refractivity contribution is -0.134. The highest BCUT2D eigenvalue weighted by Crippen LogP contribution is 2.35. The third-order valence-corrected chi connectivity index (χ3v) is 5.68. The summed E-state index contributed by atoms with van der Waals surface area (Å²) in [6, 6.07) is 6.85. The molecule has 1 aliphatic carbocycles. The quantitative estimate of drug-likeness (QED) is 0.688. The molecule has 1 N–H and O–H groups in total. The molecule has 0 bridgehead atoms. The minimum Gasteiger partial charge on any atom is -0.467 e. The van der Waals surface area contributed by atoms with Gasteiger partial charge in [-0.25, -0.2) is 4.79 Å². The SMILES string of the molecule is O=C(CCCN1C(=O)NC2(CCCC2)C1=O)N(Cc1ccco1)Cc1ccco1. The van der Waals surface area contributed by atoms with Crippen molar-refractivity contribution < 1.29 is 23.2 Å². The molecule has 0 aromatic carbocycles. The largest absolute Gasteiger partial charge is 0.467 e. The topological polar surface area (TPSA) is 96.0 Å². The van der Waals surface area contributed by atoms with Crippen LogP contribution in [0.2, 0.25) is 0 Å². The van der Waals surface area contributed by atoms with Crippen LogP contribution in [0.1, 0.15) is 50.0 Å². The van der Waals surface area contributed by atoms with Crippen LogP contribution in [0.25, 0.3) is 0 Å². The van der Waals surface area contributed by atoms with Gasteiger partial charge in [0, 0.05) is 13.0 Å². The number of rotatable bonds is 8. The van der Waals surface area contributed by atoms with Crippen molar-refractivity contribution >= 4 is 17.8 Å². The van der Waals surface area contributed by atoms with E-state index in [1.165, 1.54) is 4.90 Å². The molecule has 1 aliphatic heterocycles. The molecule has 0 atom stereocenters.